The number of carbonyl (C=O) groups is 1. The van der Waals surface area contributed by atoms with Crippen LogP contribution < -0.4 is 20.3 Å². The molecule has 2 N–H and O–H groups in total. The highest BCUT2D eigenvalue weighted by molar-refractivity contribution is 5.73. The van der Waals surface area contributed by atoms with E-state index in [0.717, 1.165) is 42.6 Å². The van der Waals surface area contributed by atoms with Gasteiger partial charge in [-0.15, -0.1) is 0 Å². The summed E-state index contributed by atoms with van der Waals surface area (Å²) in [7, 11) is 0. The molecule has 0 bridgehead atoms. The van der Waals surface area contributed by atoms with Crippen LogP contribution in [0.15, 0.2) is 36.5 Å². The van der Waals surface area contributed by atoms with Crippen LogP contribution in [0.25, 0.3) is 0 Å². The monoisotopic (exact) mass is 412 g/mol. The molecule has 2 aliphatic rings. The predicted octanol–water partition coefficient (Wildman–Crippen LogP) is 3.90. The number of hydrogen-bond acceptors (Lipinski definition) is 5. The molecule has 1 aliphatic carbocycles. The Kier molecular flexibility index (Phi) is 6.06. The van der Waals surface area contributed by atoms with Gasteiger partial charge in [0.2, 0.25) is 5.91 Å². The predicted molar refractivity (Wildman–Crippen MR) is 115 cm³/mol. The number of anilines is 2. The molecule has 2 heterocycles. The number of halogens is 1. The maximum atomic E-state index is 14.4. The highest BCUT2D eigenvalue weighted by atomic mass is 19.1. The molecule has 160 valence electrons. The first kappa shape index (κ1) is 20.4. The molecule has 6 nitrogen and oxygen atoms in total. The Balaban J connectivity index is 1.34. The fraction of sp³-hybridized carbons (Fsp3) is 0.478. The van der Waals surface area contributed by atoms with Crippen molar-refractivity contribution in [2.75, 3.05) is 29.9 Å². The van der Waals surface area contributed by atoms with Crippen LogP contribution in [-0.4, -0.2) is 36.6 Å². The van der Waals surface area contributed by atoms with Crippen molar-refractivity contribution in [3.05, 3.63) is 47.9 Å². The average molecular weight is 413 g/mol. The molecule has 2 fully saturated rings. The van der Waals surface area contributed by atoms with Crippen LogP contribution >= 0.6 is 0 Å². The van der Waals surface area contributed by atoms with Gasteiger partial charge in [0, 0.05) is 32.5 Å². The quantitative estimate of drug-likeness (QED) is 0.688. The Morgan fingerprint density at radius 3 is 2.77 bits per heavy atom. The largest absolute Gasteiger partial charge is 0.489 e. The van der Waals surface area contributed by atoms with E-state index < -0.39 is 0 Å². The molecule has 1 aromatic heterocycles. The van der Waals surface area contributed by atoms with Crippen molar-refractivity contribution in [3.63, 3.8) is 0 Å². The molecular weight excluding hydrogens is 383 g/mol. The molecule has 1 saturated heterocycles. The number of carbonyl (C=O) groups excluding carboxylic acids is 1. The van der Waals surface area contributed by atoms with Crippen molar-refractivity contribution in [2.45, 2.75) is 45.3 Å². The summed E-state index contributed by atoms with van der Waals surface area (Å²) < 4.78 is 20.5. The molecule has 0 radical (unpaired) electrons. The van der Waals surface area contributed by atoms with E-state index in [1.54, 1.807) is 6.07 Å². The van der Waals surface area contributed by atoms with Gasteiger partial charge in [-0.1, -0.05) is 12.1 Å². The first-order valence-electron chi connectivity index (χ1n) is 10.7. The molecule has 7 heteroatoms. The van der Waals surface area contributed by atoms with Crippen molar-refractivity contribution < 1.29 is 13.9 Å². The van der Waals surface area contributed by atoms with Gasteiger partial charge in [0.15, 0.2) is 5.82 Å². The summed E-state index contributed by atoms with van der Waals surface area (Å²) in [6.45, 7) is 5.74. The summed E-state index contributed by atoms with van der Waals surface area (Å²) in [6, 6.07) is 9.52. The number of rotatable bonds is 8. The smallest absolute Gasteiger partial charge is 0.217 e. The minimum atomic E-state index is -0.302. The molecule has 4 rings (SSSR count). The van der Waals surface area contributed by atoms with Crippen molar-refractivity contribution in [1.82, 2.24) is 10.3 Å². The summed E-state index contributed by atoms with van der Waals surface area (Å²) in [6.07, 6.45) is 4.65. The van der Waals surface area contributed by atoms with E-state index in [2.05, 4.69) is 15.6 Å². The molecular formula is C23H29FN4O2. The van der Waals surface area contributed by atoms with E-state index in [1.807, 2.05) is 36.1 Å². The van der Waals surface area contributed by atoms with Crippen LogP contribution in [0, 0.1) is 11.7 Å². The molecule has 1 aliphatic heterocycles. The van der Waals surface area contributed by atoms with E-state index in [-0.39, 0.29) is 23.9 Å². The third-order valence-electron chi connectivity index (χ3n) is 5.69. The number of nitrogens with zero attached hydrogens (tertiary/aromatic N) is 2. The lowest BCUT2D eigenvalue weighted by Gasteiger charge is -2.20. The zero-order valence-electron chi connectivity index (χ0n) is 17.5. The number of benzene rings is 1. The molecule has 2 aromatic rings. The van der Waals surface area contributed by atoms with Gasteiger partial charge in [0.05, 0.1) is 24.5 Å². The first-order chi connectivity index (χ1) is 14.5. The van der Waals surface area contributed by atoms with Gasteiger partial charge in [0.25, 0.3) is 0 Å². The normalized spacial score (nSPS) is 19.4. The average Bonchev–Trinajstić information content (AvgIpc) is 3.44. The second kappa shape index (κ2) is 8.90. The van der Waals surface area contributed by atoms with Crippen LogP contribution in [0.2, 0.25) is 0 Å². The van der Waals surface area contributed by atoms with Crippen LogP contribution in [0.5, 0.6) is 5.75 Å². The second-order valence-corrected chi connectivity index (χ2v) is 8.31. The number of nitrogens with one attached hydrogen (secondary N) is 2. The Morgan fingerprint density at radius 2 is 2.07 bits per heavy atom. The van der Waals surface area contributed by atoms with Gasteiger partial charge in [-0.05, 0) is 43.4 Å². The molecule has 1 saturated carbocycles. The van der Waals surface area contributed by atoms with E-state index in [9.17, 15) is 9.18 Å². The molecule has 30 heavy (non-hydrogen) atoms. The SMILES string of the molecule is CC(=O)N[C@@H](C)c1ccc(O[C@@H]2CCN(c3cc(NCC4CC4)ncc3F)C2)cc1. The fourth-order valence-electron chi connectivity index (χ4n) is 3.80. The lowest BCUT2D eigenvalue weighted by Crippen LogP contribution is -2.25. The van der Waals surface area contributed by atoms with Crippen molar-refractivity contribution in [1.29, 1.82) is 0 Å². The fourth-order valence-corrected chi connectivity index (χ4v) is 3.80. The lowest BCUT2D eigenvalue weighted by molar-refractivity contribution is -0.119. The van der Waals surface area contributed by atoms with Gasteiger partial charge in [-0.2, -0.15) is 0 Å². The minimum absolute atomic E-state index is 0.000874. The topological polar surface area (TPSA) is 66.5 Å². The van der Waals surface area contributed by atoms with E-state index in [1.165, 1.54) is 26.0 Å². The zero-order valence-corrected chi connectivity index (χ0v) is 17.5. The highest BCUT2D eigenvalue weighted by Gasteiger charge is 2.27. The van der Waals surface area contributed by atoms with Crippen LogP contribution in [0.4, 0.5) is 15.9 Å². The van der Waals surface area contributed by atoms with Gasteiger partial charge in [0.1, 0.15) is 17.7 Å². The number of ether oxygens (including phenoxy) is 1. The zero-order chi connectivity index (χ0) is 21.1. The van der Waals surface area contributed by atoms with Crippen LogP contribution in [-0.2, 0) is 4.79 Å². The Labute approximate surface area is 176 Å². The van der Waals surface area contributed by atoms with Crippen molar-refractivity contribution in [3.8, 4) is 5.75 Å². The molecule has 2 atom stereocenters. The van der Waals surface area contributed by atoms with Crippen molar-refractivity contribution >= 4 is 17.4 Å². The number of aromatic nitrogens is 1. The molecule has 0 unspecified atom stereocenters. The Morgan fingerprint density at radius 1 is 1.30 bits per heavy atom. The minimum Gasteiger partial charge on any atom is -0.489 e. The van der Waals surface area contributed by atoms with Gasteiger partial charge in [-0.3, -0.25) is 4.79 Å². The molecule has 1 amide bonds. The number of amides is 1. The van der Waals surface area contributed by atoms with Crippen molar-refractivity contribution in [2.24, 2.45) is 5.92 Å². The number of pyridine rings is 1. The standard InChI is InChI=1S/C23H29FN4O2/c1-15(27-16(2)29)18-5-7-19(8-6-18)30-20-9-10-28(14-20)22-11-23(26-13-21(22)24)25-12-17-3-4-17/h5-8,11,13,15,17,20H,3-4,9-10,12,14H2,1-2H3,(H,25,26)(H,27,29)/t15-,20+/m0/s1. The van der Waals surface area contributed by atoms with Gasteiger partial charge < -0.3 is 20.3 Å². The van der Waals surface area contributed by atoms with E-state index in [0.29, 0.717) is 12.2 Å². The lowest BCUT2D eigenvalue weighted by atomic mass is 10.1. The second-order valence-electron chi connectivity index (χ2n) is 8.31. The summed E-state index contributed by atoms with van der Waals surface area (Å²) in [5.74, 6) is 1.89. The Hall–Kier alpha value is -2.83. The van der Waals surface area contributed by atoms with E-state index in [4.69, 9.17) is 4.74 Å². The summed E-state index contributed by atoms with van der Waals surface area (Å²) >= 11 is 0. The third-order valence-corrected chi connectivity index (χ3v) is 5.69. The van der Waals surface area contributed by atoms with Crippen LogP contribution in [0.1, 0.15) is 44.7 Å². The van der Waals surface area contributed by atoms with Crippen LogP contribution in [0.3, 0.4) is 0 Å². The maximum Gasteiger partial charge on any atom is 0.217 e. The molecule has 0 spiro atoms. The summed E-state index contributed by atoms with van der Waals surface area (Å²) in [4.78, 5) is 17.4. The highest BCUT2D eigenvalue weighted by Crippen LogP contribution is 2.30. The number of hydrogen-bond donors (Lipinski definition) is 2. The molecule has 1 aromatic carbocycles. The van der Waals surface area contributed by atoms with Gasteiger partial charge >= 0.3 is 0 Å². The van der Waals surface area contributed by atoms with Gasteiger partial charge in [-0.25, -0.2) is 9.37 Å². The third kappa shape index (κ3) is 5.20. The Bertz CT molecular complexity index is 885. The summed E-state index contributed by atoms with van der Waals surface area (Å²) in [5.41, 5.74) is 1.60. The first-order valence-corrected chi connectivity index (χ1v) is 10.7. The summed E-state index contributed by atoms with van der Waals surface area (Å²) in [5, 5.41) is 6.18. The maximum absolute atomic E-state index is 14.4. The van der Waals surface area contributed by atoms with E-state index >= 15 is 0 Å².